The molecule has 0 aliphatic rings. The van der Waals surface area contributed by atoms with Crippen LogP contribution in [0.1, 0.15) is 0 Å². The average Bonchev–Trinajstić information content (AvgIpc) is 2.74. The molecule has 3 aromatic carbocycles. The Balaban J connectivity index is 2.05. The molecule has 0 aromatic heterocycles. The van der Waals surface area contributed by atoms with Crippen LogP contribution in [0.4, 0.5) is 11.4 Å². The molecule has 0 bridgehead atoms. The van der Waals surface area contributed by atoms with Crippen LogP contribution in [-0.2, 0) is 19.6 Å². The van der Waals surface area contributed by atoms with Gasteiger partial charge in [-0.15, -0.1) is 0 Å². The van der Waals surface area contributed by atoms with Gasteiger partial charge in [0, 0.05) is 33.6 Å². The minimum Gasteiger partial charge on any atom is -0.478 e. The highest BCUT2D eigenvalue weighted by atomic mass is 79.9. The topological polar surface area (TPSA) is 118 Å². The van der Waals surface area contributed by atoms with E-state index in [9.17, 15) is 18.0 Å². The zero-order chi connectivity index (χ0) is 22.6. The summed E-state index contributed by atoms with van der Waals surface area (Å²) in [6, 6.07) is 19.9. The Labute approximate surface area is 187 Å². The number of primary sulfonamides is 1. The van der Waals surface area contributed by atoms with Gasteiger partial charge in [-0.1, -0.05) is 46.3 Å². The van der Waals surface area contributed by atoms with Gasteiger partial charge in [-0.05, 0) is 48.0 Å². The first kappa shape index (κ1) is 22.4. The Morgan fingerprint density at radius 3 is 1.97 bits per heavy atom. The Hall–Kier alpha value is -3.27. The summed E-state index contributed by atoms with van der Waals surface area (Å²) in [7, 11) is -3.92. The number of rotatable bonds is 6. The monoisotopic (exact) mass is 500 g/mol. The van der Waals surface area contributed by atoms with Crippen molar-refractivity contribution >= 4 is 49.2 Å². The molecule has 3 N–H and O–H groups in total. The van der Waals surface area contributed by atoms with Crippen molar-refractivity contribution in [2.24, 2.45) is 5.14 Å². The lowest BCUT2D eigenvalue weighted by Crippen LogP contribution is -2.24. The van der Waals surface area contributed by atoms with Crippen molar-refractivity contribution in [2.45, 2.75) is 4.90 Å². The Kier molecular flexibility index (Phi) is 6.69. The van der Waals surface area contributed by atoms with Gasteiger partial charge in [0.15, 0.2) is 0 Å². The number of hydrogen-bond donors (Lipinski definition) is 2. The predicted molar refractivity (Wildman–Crippen MR) is 121 cm³/mol. The lowest BCUT2D eigenvalue weighted by atomic mass is 10.0. The number of sulfonamides is 1. The van der Waals surface area contributed by atoms with Gasteiger partial charge < -0.3 is 5.11 Å². The van der Waals surface area contributed by atoms with Crippen LogP contribution in [0, 0.1) is 0 Å². The third-order valence-electron chi connectivity index (χ3n) is 4.30. The first-order valence-corrected chi connectivity index (χ1v) is 11.2. The molecule has 0 saturated heterocycles. The number of carbonyl (C=O) groups excluding carboxylic acids is 1. The number of hydrogen-bond acceptors (Lipinski definition) is 4. The summed E-state index contributed by atoms with van der Waals surface area (Å²) < 4.78 is 24.6. The molecule has 0 saturated carbocycles. The summed E-state index contributed by atoms with van der Waals surface area (Å²) in [6.45, 7) is 0. The first-order valence-electron chi connectivity index (χ1n) is 8.90. The number of nitrogens with two attached hydrogens (primary N) is 1. The fourth-order valence-electron chi connectivity index (χ4n) is 2.95. The van der Waals surface area contributed by atoms with Gasteiger partial charge in [0.2, 0.25) is 10.0 Å². The molecule has 0 fully saturated rings. The highest BCUT2D eigenvalue weighted by molar-refractivity contribution is 9.10. The second-order valence-electron chi connectivity index (χ2n) is 6.41. The molecule has 0 atom stereocenters. The van der Waals surface area contributed by atoms with Gasteiger partial charge in [0.05, 0.1) is 4.90 Å². The number of carbonyl (C=O) groups is 2. The summed E-state index contributed by atoms with van der Waals surface area (Å²) >= 11 is 3.34. The molecule has 0 radical (unpaired) electrons. The third-order valence-corrected chi connectivity index (χ3v) is 5.80. The maximum Gasteiger partial charge on any atom is 0.328 e. The third kappa shape index (κ3) is 5.46. The minimum absolute atomic E-state index is 0.00650. The Morgan fingerprint density at radius 1 is 0.871 bits per heavy atom. The molecule has 3 rings (SSSR count). The molecule has 0 unspecified atom stereocenters. The summed E-state index contributed by atoms with van der Waals surface area (Å²) in [5.74, 6) is -1.79. The predicted octanol–water partition coefficient (Wildman–Crippen LogP) is 4.07. The van der Waals surface area contributed by atoms with Crippen LogP contribution < -0.4 is 10.0 Å². The second-order valence-corrected chi connectivity index (χ2v) is 8.86. The number of amides is 1. The second kappa shape index (κ2) is 9.25. The van der Waals surface area contributed by atoms with E-state index in [1.54, 1.807) is 66.7 Å². The zero-order valence-corrected chi connectivity index (χ0v) is 18.4. The van der Waals surface area contributed by atoms with Gasteiger partial charge in [0.25, 0.3) is 5.91 Å². The number of aliphatic carboxylic acids is 1. The van der Waals surface area contributed by atoms with Crippen LogP contribution >= 0.6 is 15.9 Å². The van der Waals surface area contributed by atoms with E-state index in [0.717, 1.165) is 16.6 Å². The molecular weight excluding hydrogens is 484 g/mol. The number of carboxylic acids is 1. The molecule has 1 amide bonds. The maximum absolute atomic E-state index is 12.7. The number of anilines is 2. The first-order chi connectivity index (χ1) is 14.7. The average molecular weight is 501 g/mol. The van der Waals surface area contributed by atoms with Crippen LogP contribution in [-0.4, -0.2) is 25.4 Å². The van der Waals surface area contributed by atoms with E-state index < -0.39 is 21.9 Å². The lowest BCUT2D eigenvalue weighted by molar-refractivity contribution is -0.131. The maximum atomic E-state index is 12.7. The fraction of sp³-hybridized carbons (Fsp3) is 0. The van der Waals surface area contributed by atoms with Crippen LogP contribution in [0.5, 0.6) is 0 Å². The zero-order valence-electron chi connectivity index (χ0n) is 16.0. The van der Waals surface area contributed by atoms with E-state index in [0.29, 0.717) is 22.5 Å². The van der Waals surface area contributed by atoms with Gasteiger partial charge in [0.1, 0.15) is 0 Å². The molecule has 0 aliphatic carbocycles. The van der Waals surface area contributed by atoms with Gasteiger partial charge in [-0.3, -0.25) is 9.69 Å². The summed E-state index contributed by atoms with van der Waals surface area (Å²) in [5, 5.41) is 14.2. The van der Waals surface area contributed by atoms with Crippen molar-refractivity contribution in [1.82, 2.24) is 0 Å². The summed E-state index contributed by atoms with van der Waals surface area (Å²) in [5.41, 5.74) is 2.03. The van der Waals surface area contributed by atoms with Crippen molar-refractivity contribution < 1.29 is 23.1 Å². The molecule has 9 heteroatoms. The Bertz CT molecular complexity index is 1250. The van der Waals surface area contributed by atoms with Crippen LogP contribution in [0.25, 0.3) is 11.1 Å². The van der Waals surface area contributed by atoms with E-state index in [1.807, 2.05) is 0 Å². The van der Waals surface area contributed by atoms with E-state index in [-0.39, 0.29) is 4.90 Å². The number of benzene rings is 3. The SMILES string of the molecule is NS(=O)(=O)c1ccccc1-c1ccc(N(C(=O)/C=C\C(=O)O)c2ccc(Br)cc2)cc1. The van der Waals surface area contributed by atoms with Crippen LogP contribution in [0.2, 0.25) is 0 Å². The van der Waals surface area contributed by atoms with Crippen LogP contribution in [0.15, 0.2) is 94.3 Å². The van der Waals surface area contributed by atoms with Crippen LogP contribution in [0.3, 0.4) is 0 Å². The summed E-state index contributed by atoms with van der Waals surface area (Å²) in [6.07, 6.45) is 1.74. The molecule has 31 heavy (non-hydrogen) atoms. The van der Waals surface area contributed by atoms with Gasteiger partial charge in [-0.2, -0.15) is 0 Å². The molecule has 0 aliphatic heterocycles. The van der Waals surface area contributed by atoms with E-state index >= 15 is 0 Å². The normalized spacial score (nSPS) is 11.4. The lowest BCUT2D eigenvalue weighted by Gasteiger charge is -2.22. The van der Waals surface area contributed by atoms with E-state index in [4.69, 9.17) is 10.2 Å². The smallest absolute Gasteiger partial charge is 0.328 e. The molecule has 0 spiro atoms. The van der Waals surface area contributed by atoms with Gasteiger partial charge >= 0.3 is 5.97 Å². The van der Waals surface area contributed by atoms with Crippen molar-refractivity contribution in [1.29, 1.82) is 0 Å². The van der Waals surface area contributed by atoms with Crippen molar-refractivity contribution in [3.8, 4) is 11.1 Å². The minimum atomic E-state index is -3.92. The highest BCUT2D eigenvalue weighted by Crippen LogP contribution is 2.31. The molecule has 7 nitrogen and oxygen atoms in total. The largest absolute Gasteiger partial charge is 0.478 e. The van der Waals surface area contributed by atoms with Gasteiger partial charge in [-0.25, -0.2) is 18.4 Å². The fourth-order valence-corrected chi connectivity index (χ4v) is 3.98. The Morgan fingerprint density at radius 2 is 1.42 bits per heavy atom. The number of carboxylic acid groups (broad SMARTS) is 1. The van der Waals surface area contributed by atoms with Crippen molar-refractivity contribution in [2.75, 3.05) is 4.90 Å². The quantitative estimate of drug-likeness (QED) is 0.494. The highest BCUT2D eigenvalue weighted by Gasteiger charge is 2.18. The van der Waals surface area contributed by atoms with E-state index in [2.05, 4.69) is 15.9 Å². The van der Waals surface area contributed by atoms with Crippen molar-refractivity contribution in [3.05, 3.63) is 89.4 Å². The van der Waals surface area contributed by atoms with E-state index in [1.165, 1.54) is 11.0 Å². The molecular formula is C22H17BrN2O5S. The molecule has 158 valence electrons. The molecule has 0 heterocycles. The van der Waals surface area contributed by atoms with Crippen molar-refractivity contribution in [3.63, 3.8) is 0 Å². The standard InChI is InChI=1S/C22H17BrN2O5S/c23-16-7-11-18(12-8-16)25(21(26)13-14-22(27)28)17-9-5-15(6-10-17)19-3-1-2-4-20(19)31(24,29)30/h1-14H,(H,27,28)(H2,24,29,30)/b14-13-. The number of halogens is 1. The number of nitrogens with zero attached hydrogens (tertiary/aromatic N) is 1. The summed E-state index contributed by atoms with van der Waals surface area (Å²) in [4.78, 5) is 24.9. The molecule has 3 aromatic rings.